The SMILES string of the molecule is CCC(CC)(c1ccc(/C=C/C(O)(C(F)(F)F)C(F)(F)F)c(C)c1)c1ccc(OC[C@H](O)CCCO)c(C)c1.CCC(CC)(c1ccc(/C=C/C(O)(C(F)(F)F)C(F)(F)F)c(C)c1)c1ccc(OC[C@H]2CCCO2)c(C)c1.CCC(CC)(c1ccc(/C=C/C(OCOC)(C(F)(F)F)C(F)(F)F)c(C)c1)c1ccc(OC[C@H]2CCC(=O)O2)c(C)c1. The van der Waals surface area contributed by atoms with Crippen molar-refractivity contribution in [3.63, 3.8) is 0 Å². The van der Waals surface area contributed by atoms with Crippen molar-refractivity contribution in [3.05, 3.63) is 211 Å². The first-order chi connectivity index (χ1) is 55.4. The van der Waals surface area contributed by atoms with Gasteiger partial charge in [0, 0.05) is 43.0 Å². The third-order valence-electron chi connectivity index (χ3n) is 22.7. The molecule has 2 aliphatic rings. The summed E-state index contributed by atoms with van der Waals surface area (Å²) in [5, 5.41) is 37.7. The minimum atomic E-state index is -5.93. The molecule has 12 nitrogen and oxygen atoms in total. The molecule has 4 N–H and O–H groups in total. The molecule has 0 spiro atoms. The van der Waals surface area contributed by atoms with Crippen LogP contribution in [0.4, 0.5) is 79.0 Å². The van der Waals surface area contributed by atoms with Crippen LogP contribution in [0.1, 0.15) is 202 Å². The second-order valence-electron chi connectivity index (χ2n) is 30.1. The number of hydrogen-bond acceptors (Lipinski definition) is 12. The van der Waals surface area contributed by atoms with Crippen LogP contribution in [0.25, 0.3) is 18.2 Å². The fourth-order valence-corrected chi connectivity index (χ4v) is 15.0. The predicted octanol–water partition coefficient (Wildman–Crippen LogP) is 22.6. The number of aliphatic hydroxyl groups is 4. The van der Waals surface area contributed by atoms with Crippen molar-refractivity contribution in [1.29, 1.82) is 0 Å². The van der Waals surface area contributed by atoms with E-state index in [1.165, 1.54) is 18.2 Å². The zero-order valence-electron chi connectivity index (χ0n) is 68.7. The number of carbonyl (C=O) groups excluding carboxylic acids is 1. The first-order valence-corrected chi connectivity index (χ1v) is 39.1. The van der Waals surface area contributed by atoms with Gasteiger partial charge in [-0.2, -0.15) is 79.0 Å². The highest BCUT2D eigenvalue weighted by atomic mass is 19.4. The minimum absolute atomic E-state index is 0.00444. The van der Waals surface area contributed by atoms with Crippen LogP contribution in [0.15, 0.2) is 127 Å². The fraction of sp³-hybridized carbons (Fsp3) is 0.517. The van der Waals surface area contributed by atoms with E-state index >= 15 is 0 Å². The summed E-state index contributed by atoms with van der Waals surface area (Å²) in [5.74, 6) is 1.79. The summed E-state index contributed by atoms with van der Waals surface area (Å²) in [5.41, 5.74) is -5.63. The summed E-state index contributed by atoms with van der Waals surface area (Å²) in [6.07, 6.45) is -26.5. The van der Waals surface area contributed by atoms with Crippen molar-refractivity contribution < 1.29 is 137 Å². The average molecular weight is 1710 g/mol. The van der Waals surface area contributed by atoms with Gasteiger partial charge in [0.25, 0.3) is 16.8 Å². The molecule has 30 heteroatoms. The lowest BCUT2D eigenvalue weighted by molar-refractivity contribution is -0.372. The third-order valence-corrected chi connectivity index (χ3v) is 22.7. The van der Waals surface area contributed by atoms with Crippen LogP contribution in [0.2, 0.25) is 0 Å². The lowest BCUT2D eigenvalue weighted by Crippen LogP contribution is -2.57. The third kappa shape index (κ3) is 23.0. The highest BCUT2D eigenvalue weighted by molar-refractivity contribution is 5.71. The molecular weight excluding hydrogens is 1600 g/mol. The number of benzene rings is 6. The first kappa shape index (κ1) is 99.7. The van der Waals surface area contributed by atoms with Gasteiger partial charge in [0.2, 0.25) is 0 Å². The largest absolute Gasteiger partial charge is 0.491 e. The van der Waals surface area contributed by atoms with E-state index in [-0.39, 0.29) is 72.9 Å². The number of cyclic esters (lactones) is 1. The zero-order valence-corrected chi connectivity index (χ0v) is 68.7. The van der Waals surface area contributed by atoms with E-state index in [1.54, 1.807) is 57.2 Å². The highest BCUT2D eigenvalue weighted by Gasteiger charge is 2.72. The Morgan fingerprint density at radius 2 is 0.773 bits per heavy atom. The number of aliphatic hydroxyl groups excluding tert-OH is 2. The van der Waals surface area contributed by atoms with Gasteiger partial charge in [0.1, 0.15) is 50.0 Å². The number of ether oxygens (including phenoxy) is 7. The van der Waals surface area contributed by atoms with Crippen LogP contribution >= 0.6 is 0 Å². The van der Waals surface area contributed by atoms with E-state index in [1.807, 2.05) is 111 Å². The Kier molecular flexibility index (Phi) is 34.1. The Bertz CT molecular complexity index is 4340. The molecule has 0 radical (unpaired) electrons. The molecule has 2 fully saturated rings. The van der Waals surface area contributed by atoms with Gasteiger partial charge < -0.3 is 53.6 Å². The molecule has 0 unspecified atom stereocenters. The van der Waals surface area contributed by atoms with Crippen LogP contribution in [0.3, 0.4) is 0 Å². The van der Waals surface area contributed by atoms with E-state index < -0.39 is 83.0 Å². The number of carbonyl (C=O) groups is 1. The van der Waals surface area contributed by atoms with Gasteiger partial charge in [-0.25, -0.2) is 0 Å². The summed E-state index contributed by atoms with van der Waals surface area (Å²) in [4.78, 5) is 11.3. The van der Waals surface area contributed by atoms with E-state index in [9.17, 15) is 99.1 Å². The molecule has 3 atom stereocenters. The molecule has 0 aromatic heterocycles. The van der Waals surface area contributed by atoms with E-state index in [0.29, 0.717) is 98.3 Å². The van der Waals surface area contributed by atoms with Crippen LogP contribution in [-0.2, 0) is 40.0 Å². The quantitative estimate of drug-likeness (QED) is 0.0176. The number of methoxy groups -OCH3 is 1. The van der Waals surface area contributed by atoms with Gasteiger partial charge in [0.05, 0.1) is 12.2 Å². The smallest absolute Gasteiger partial charge is 0.430 e. The van der Waals surface area contributed by atoms with E-state index in [0.717, 1.165) is 101 Å². The van der Waals surface area contributed by atoms with Crippen LogP contribution in [-0.4, -0.2) is 146 Å². The lowest BCUT2D eigenvalue weighted by atomic mass is 9.70. The van der Waals surface area contributed by atoms with Gasteiger partial charge >= 0.3 is 43.0 Å². The molecule has 2 aliphatic heterocycles. The van der Waals surface area contributed by atoms with Gasteiger partial charge in [0.15, 0.2) is 0 Å². The molecule has 119 heavy (non-hydrogen) atoms. The van der Waals surface area contributed by atoms with E-state index in [2.05, 4.69) is 15.5 Å². The van der Waals surface area contributed by atoms with Crippen molar-refractivity contribution in [2.24, 2.45) is 0 Å². The maximum atomic E-state index is 13.7. The summed E-state index contributed by atoms with van der Waals surface area (Å²) in [6.45, 7) is 23.1. The van der Waals surface area contributed by atoms with Crippen LogP contribution in [0.5, 0.6) is 17.2 Å². The first-order valence-electron chi connectivity index (χ1n) is 39.1. The average Bonchev–Trinajstić information content (AvgIpc) is 0.854. The predicted molar refractivity (Wildman–Crippen MR) is 417 cm³/mol. The second kappa shape index (κ2) is 40.7. The van der Waals surface area contributed by atoms with Crippen molar-refractivity contribution in [1.82, 2.24) is 0 Å². The minimum Gasteiger partial charge on any atom is -0.491 e. The Hall–Kier alpha value is -8.13. The van der Waals surface area contributed by atoms with Crippen LogP contribution < -0.4 is 14.2 Å². The second-order valence-corrected chi connectivity index (χ2v) is 30.1. The zero-order chi connectivity index (χ0) is 89.3. The van der Waals surface area contributed by atoms with E-state index in [4.69, 9.17) is 28.8 Å². The molecule has 6 aromatic carbocycles. The monoisotopic (exact) mass is 1710 g/mol. The normalized spacial score (nSPS) is 16.1. The molecule has 660 valence electrons. The highest BCUT2D eigenvalue weighted by Crippen LogP contribution is 2.51. The fourth-order valence-electron chi connectivity index (χ4n) is 15.0. The topological polar surface area (TPSA) is 163 Å². The van der Waals surface area contributed by atoms with Crippen molar-refractivity contribution in [2.45, 2.75) is 249 Å². The lowest BCUT2D eigenvalue weighted by Gasteiger charge is -2.35. The maximum Gasteiger partial charge on any atom is 0.430 e. The number of aryl methyl sites for hydroxylation is 6. The maximum absolute atomic E-state index is 13.7. The van der Waals surface area contributed by atoms with Crippen molar-refractivity contribution in [2.75, 3.05) is 46.9 Å². The molecule has 0 aliphatic carbocycles. The summed E-state index contributed by atoms with van der Waals surface area (Å²) in [6, 6.07) is 32.4. The Morgan fingerprint density at radius 3 is 1.05 bits per heavy atom. The number of esters is 1. The Balaban J connectivity index is 0.000000277. The van der Waals surface area contributed by atoms with Crippen LogP contribution in [0, 0.1) is 41.5 Å². The van der Waals surface area contributed by atoms with Crippen molar-refractivity contribution >= 4 is 24.2 Å². The molecule has 0 amide bonds. The van der Waals surface area contributed by atoms with Gasteiger partial charge in [-0.05, 0) is 232 Å². The van der Waals surface area contributed by atoms with Gasteiger partial charge in [-0.15, -0.1) is 0 Å². The summed E-state index contributed by atoms with van der Waals surface area (Å²) in [7, 11) is 0.939. The Labute approximate surface area is 682 Å². The Morgan fingerprint density at radius 1 is 0.445 bits per heavy atom. The molecule has 6 aromatic rings. The number of rotatable bonds is 33. The van der Waals surface area contributed by atoms with Gasteiger partial charge in [-0.3, -0.25) is 4.79 Å². The summed E-state index contributed by atoms with van der Waals surface area (Å²) < 4.78 is 276. The van der Waals surface area contributed by atoms with Crippen molar-refractivity contribution in [3.8, 4) is 17.2 Å². The number of alkyl halides is 18. The standard InChI is InChI=1S/C31H36F6O5.C29H36F6O4.C29H34F6O3/c1-6-28(7-2,24-10-12-26(21(4)17-24)40-18-25-11-13-27(38)42-25)23-9-8-22(20(3)16-23)14-15-29(30(32,33)34,31(35,36)37)41-19-39-5;1-5-26(6-2,23-11-12-25(20(4)17-23)39-18-24(37)8-7-15-36)22-10-9-21(19(3)16-22)13-14-27(38,28(30,31)32)29(33,34)35;1-5-26(6-2,23-11-12-25(20(4)17-23)38-18-24-8-7-15-37-24)22-10-9-21(19(3)16-22)13-14-27(36,28(30,31)32)29(33,34)35/h8-10,12,14-17,25H,6-7,11,13,18-19H2,1-5H3;9-14,16-17,24,36-38H,5-8,15,18H2,1-4H3;9-14,16-17,24,36H,5-8,15,18H2,1-4H3/b15-14+;2*14-13+/t25-;2*24-/m111/s1. The molecule has 0 bridgehead atoms. The number of halogens is 18. The summed E-state index contributed by atoms with van der Waals surface area (Å²) >= 11 is 0. The van der Waals surface area contributed by atoms with Gasteiger partial charge in [-0.1, -0.05) is 151 Å². The molecule has 8 rings (SSSR count). The molecule has 2 saturated heterocycles. The molecular formula is C89H106F18O12. The molecule has 2 heterocycles. The molecule has 0 saturated carbocycles. The number of hydrogen-bond donors (Lipinski definition) is 4.